The van der Waals surface area contributed by atoms with Crippen molar-refractivity contribution in [1.29, 1.82) is 0 Å². The maximum Gasteiger partial charge on any atom is 0.306 e. The molecule has 0 spiro atoms. The van der Waals surface area contributed by atoms with Gasteiger partial charge in [-0.3, -0.25) is 9.59 Å². The smallest absolute Gasteiger partial charge is 0.306 e. The van der Waals surface area contributed by atoms with E-state index in [1.807, 2.05) is 44.2 Å². The molecule has 1 amide bonds. The molecule has 0 heterocycles. The maximum atomic E-state index is 12.5. The molecule has 0 aromatic heterocycles. The van der Waals surface area contributed by atoms with Gasteiger partial charge in [0.1, 0.15) is 0 Å². The van der Waals surface area contributed by atoms with Crippen LogP contribution in [0.15, 0.2) is 30.3 Å². The third-order valence-corrected chi connectivity index (χ3v) is 4.47. The largest absolute Gasteiger partial charge is 0.481 e. The second-order valence-corrected chi connectivity index (χ2v) is 6.35. The number of rotatable bonds is 4. The highest BCUT2D eigenvalue weighted by atomic mass is 16.4. The number of hydrogen-bond donors (Lipinski definition) is 2. The summed E-state index contributed by atoms with van der Waals surface area (Å²) >= 11 is 0. The number of amides is 1. The Balaban J connectivity index is 1.95. The fourth-order valence-corrected chi connectivity index (χ4v) is 2.84. The summed E-state index contributed by atoms with van der Waals surface area (Å²) in [5, 5.41) is 12.1. The van der Waals surface area contributed by atoms with Crippen molar-refractivity contribution in [3.8, 4) is 0 Å². The number of hydrogen-bond acceptors (Lipinski definition) is 2. The van der Waals surface area contributed by atoms with Gasteiger partial charge in [0.2, 0.25) is 5.91 Å². The molecule has 1 aromatic carbocycles. The van der Waals surface area contributed by atoms with Gasteiger partial charge in [0.25, 0.3) is 0 Å². The van der Waals surface area contributed by atoms with Crippen molar-refractivity contribution >= 4 is 11.9 Å². The first-order valence-electron chi connectivity index (χ1n) is 7.50. The lowest BCUT2D eigenvalue weighted by Gasteiger charge is -2.31. The van der Waals surface area contributed by atoms with E-state index in [1.54, 1.807) is 0 Å². The summed E-state index contributed by atoms with van der Waals surface area (Å²) in [5.41, 5.74) is 0.409. The summed E-state index contributed by atoms with van der Waals surface area (Å²) in [6, 6.07) is 9.81. The minimum Gasteiger partial charge on any atom is -0.481 e. The lowest BCUT2D eigenvalue weighted by atomic mass is 9.82. The van der Waals surface area contributed by atoms with Crippen molar-refractivity contribution in [3.63, 3.8) is 0 Å². The zero-order valence-electron chi connectivity index (χ0n) is 12.6. The Morgan fingerprint density at radius 1 is 1.10 bits per heavy atom. The van der Waals surface area contributed by atoms with Crippen LogP contribution in [-0.4, -0.2) is 23.0 Å². The SMILES string of the molecule is CC(C)(C(=O)NC1CCC(C(=O)O)CC1)c1ccccc1. The first-order valence-corrected chi connectivity index (χ1v) is 7.50. The number of carbonyl (C=O) groups excluding carboxylic acids is 1. The fraction of sp³-hybridized carbons (Fsp3) is 0.529. The predicted molar refractivity (Wildman–Crippen MR) is 81.0 cm³/mol. The Labute approximate surface area is 125 Å². The fourth-order valence-electron chi connectivity index (χ4n) is 2.84. The molecular weight excluding hydrogens is 266 g/mol. The standard InChI is InChI=1S/C17H23NO3/c1-17(2,13-6-4-3-5-7-13)16(21)18-14-10-8-12(9-11-14)15(19)20/h3-7,12,14H,8-11H2,1-2H3,(H,18,21)(H,19,20). The molecule has 0 atom stereocenters. The van der Waals surface area contributed by atoms with Crippen LogP contribution in [0.4, 0.5) is 0 Å². The molecule has 4 nitrogen and oxygen atoms in total. The summed E-state index contributed by atoms with van der Waals surface area (Å²) in [5.74, 6) is -0.961. The maximum absolute atomic E-state index is 12.5. The van der Waals surface area contributed by atoms with E-state index in [0.717, 1.165) is 18.4 Å². The topological polar surface area (TPSA) is 66.4 Å². The summed E-state index contributed by atoms with van der Waals surface area (Å²) in [7, 11) is 0. The van der Waals surface area contributed by atoms with Crippen molar-refractivity contribution in [2.45, 2.75) is 51.0 Å². The number of carboxylic acids is 1. The Hall–Kier alpha value is -1.84. The molecule has 0 bridgehead atoms. The molecule has 0 saturated heterocycles. The number of nitrogens with one attached hydrogen (secondary N) is 1. The van der Waals surface area contributed by atoms with Crippen LogP contribution in [0, 0.1) is 5.92 Å². The summed E-state index contributed by atoms with van der Waals surface area (Å²) < 4.78 is 0. The molecule has 2 N–H and O–H groups in total. The van der Waals surface area contributed by atoms with E-state index < -0.39 is 11.4 Å². The predicted octanol–water partition coefficient (Wildman–Crippen LogP) is 2.72. The molecule has 1 aliphatic carbocycles. The quantitative estimate of drug-likeness (QED) is 0.895. The average molecular weight is 289 g/mol. The highest BCUT2D eigenvalue weighted by molar-refractivity contribution is 5.87. The monoisotopic (exact) mass is 289 g/mol. The van der Waals surface area contributed by atoms with Crippen molar-refractivity contribution in [2.24, 2.45) is 5.92 Å². The van der Waals surface area contributed by atoms with Crippen molar-refractivity contribution in [2.75, 3.05) is 0 Å². The first kappa shape index (κ1) is 15.5. The van der Waals surface area contributed by atoms with E-state index in [2.05, 4.69) is 5.32 Å². The second-order valence-electron chi connectivity index (χ2n) is 6.35. The Kier molecular flexibility index (Phi) is 4.66. The molecule has 1 aliphatic rings. The molecule has 2 rings (SSSR count). The number of benzene rings is 1. The van der Waals surface area contributed by atoms with Crippen LogP contribution in [0.25, 0.3) is 0 Å². The van der Waals surface area contributed by atoms with Gasteiger partial charge in [-0.2, -0.15) is 0 Å². The summed E-state index contributed by atoms with van der Waals surface area (Å²) in [4.78, 5) is 23.5. The third-order valence-electron chi connectivity index (χ3n) is 4.47. The molecule has 114 valence electrons. The van der Waals surface area contributed by atoms with Crippen molar-refractivity contribution in [3.05, 3.63) is 35.9 Å². The van der Waals surface area contributed by atoms with Crippen LogP contribution in [-0.2, 0) is 15.0 Å². The minimum atomic E-state index is -0.718. The normalized spacial score (nSPS) is 22.6. The minimum absolute atomic E-state index is 0.00692. The van der Waals surface area contributed by atoms with E-state index in [9.17, 15) is 9.59 Å². The summed E-state index contributed by atoms with van der Waals surface area (Å²) in [6.07, 6.45) is 2.78. The van der Waals surface area contributed by atoms with Gasteiger partial charge in [-0.1, -0.05) is 30.3 Å². The van der Waals surface area contributed by atoms with Crippen LogP contribution < -0.4 is 5.32 Å². The Bertz CT molecular complexity index is 502. The van der Waals surface area contributed by atoms with Gasteiger partial charge in [0, 0.05) is 6.04 Å². The zero-order chi connectivity index (χ0) is 15.5. The van der Waals surface area contributed by atoms with E-state index in [1.165, 1.54) is 0 Å². The van der Waals surface area contributed by atoms with Gasteiger partial charge in [-0.15, -0.1) is 0 Å². The van der Waals surface area contributed by atoms with E-state index in [-0.39, 0.29) is 17.9 Å². The lowest BCUT2D eigenvalue weighted by molar-refractivity contribution is -0.142. The molecule has 21 heavy (non-hydrogen) atoms. The average Bonchev–Trinajstić information content (AvgIpc) is 2.48. The van der Waals surface area contributed by atoms with Crippen molar-refractivity contribution < 1.29 is 14.7 Å². The van der Waals surface area contributed by atoms with Crippen LogP contribution >= 0.6 is 0 Å². The van der Waals surface area contributed by atoms with Gasteiger partial charge in [-0.25, -0.2) is 0 Å². The van der Waals surface area contributed by atoms with E-state index in [4.69, 9.17) is 5.11 Å². The van der Waals surface area contributed by atoms with Gasteiger partial charge in [0.05, 0.1) is 11.3 Å². The number of aliphatic carboxylic acids is 1. The summed E-state index contributed by atoms with van der Waals surface area (Å²) in [6.45, 7) is 3.83. The van der Waals surface area contributed by atoms with Crippen LogP contribution in [0.5, 0.6) is 0 Å². The van der Waals surface area contributed by atoms with E-state index >= 15 is 0 Å². The Morgan fingerprint density at radius 2 is 1.67 bits per heavy atom. The second kappa shape index (κ2) is 6.29. The molecule has 0 radical (unpaired) electrons. The number of carboxylic acid groups (broad SMARTS) is 1. The molecule has 1 aromatic rings. The van der Waals surface area contributed by atoms with Gasteiger partial charge >= 0.3 is 5.97 Å². The lowest BCUT2D eigenvalue weighted by Crippen LogP contribution is -2.46. The van der Waals surface area contributed by atoms with Crippen LogP contribution in [0.3, 0.4) is 0 Å². The highest BCUT2D eigenvalue weighted by Gasteiger charge is 2.33. The molecule has 0 unspecified atom stereocenters. The van der Waals surface area contributed by atoms with Gasteiger partial charge in [-0.05, 0) is 45.1 Å². The van der Waals surface area contributed by atoms with Crippen molar-refractivity contribution in [1.82, 2.24) is 5.32 Å². The molecular formula is C17H23NO3. The Morgan fingerprint density at radius 3 is 2.19 bits per heavy atom. The van der Waals surface area contributed by atoms with E-state index in [0.29, 0.717) is 12.8 Å². The molecule has 0 aliphatic heterocycles. The number of carbonyl (C=O) groups is 2. The van der Waals surface area contributed by atoms with Crippen LogP contribution in [0.2, 0.25) is 0 Å². The van der Waals surface area contributed by atoms with Gasteiger partial charge < -0.3 is 10.4 Å². The third kappa shape index (κ3) is 3.63. The molecule has 4 heteroatoms. The van der Waals surface area contributed by atoms with Gasteiger partial charge in [0.15, 0.2) is 0 Å². The first-order chi connectivity index (χ1) is 9.91. The van der Waals surface area contributed by atoms with Crippen LogP contribution in [0.1, 0.15) is 45.1 Å². The zero-order valence-corrected chi connectivity index (χ0v) is 12.6. The molecule has 1 saturated carbocycles. The molecule has 1 fully saturated rings. The highest BCUT2D eigenvalue weighted by Crippen LogP contribution is 2.27.